The zero-order chi connectivity index (χ0) is 15.5. The van der Waals surface area contributed by atoms with Gasteiger partial charge in [-0.2, -0.15) is 4.21 Å². The van der Waals surface area contributed by atoms with Crippen molar-refractivity contribution >= 4 is 11.4 Å². The Morgan fingerprint density at radius 2 is 1.90 bits per heavy atom. The molecule has 0 aromatic rings. The highest BCUT2D eigenvalue weighted by Gasteiger charge is 2.65. The molecule has 0 radical (unpaired) electrons. The van der Waals surface area contributed by atoms with Crippen LogP contribution in [0.2, 0.25) is 0 Å². The molecule has 0 bridgehead atoms. The van der Waals surface area contributed by atoms with E-state index in [1.807, 2.05) is 13.8 Å². The van der Waals surface area contributed by atoms with E-state index in [4.69, 9.17) is 32.4 Å². The maximum atomic E-state index is 10.8. The molecule has 122 valence electrons. The van der Waals surface area contributed by atoms with Crippen LogP contribution < -0.4 is 0 Å². The Labute approximate surface area is 125 Å². The van der Waals surface area contributed by atoms with Gasteiger partial charge in [0.15, 0.2) is 11.6 Å². The Bertz CT molecular complexity index is 453. The normalized spacial score (nSPS) is 45.1. The van der Waals surface area contributed by atoms with Crippen molar-refractivity contribution in [1.29, 1.82) is 0 Å². The van der Waals surface area contributed by atoms with Crippen LogP contribution in [-0.4, -0.2) is 57.6 Å². The second-order valence-corrected chi connectivity index (χ2v) is 6.95. The lowest BCUT2D eigenvalue weighted by molar-refractivity contribution is -0.290. The van der Waals surface area contributed by atoms with E-state index >= 15 is 0 Å². The minimum Gasteiger partial charge on any atom is -0.343 e. The van der Waals surface area contributed by atoms with Gasteiger partial charge in [0.05, 0.1) is 6.61 Å². The molecule has 0 aromatic carbocycles. The molecule has 1 unspecified atom stereocenters. The fraction of sp³-hybridized carbons (Fsp3) is 1.00. The van der Waals surface area contributed by atoms with E-state index in [1.165, 1.54) is 0 Å². The Balaban J connectivity index is 1.86. The molecule has 0 spiro atoms. The van der Waals surface area contributed by atoms with Gasteiger partial charge in [-0.1, -0.05) is 0 Å². The van der Waals surface area contributed by atoms with Crippen LogP contribution in [0.4, 0.5) is 0 Å². The standard InChI is InChI=1S/C12H20O8S/c1-10(2)17-7-5-15-12(6-16-21(13)14)9(8(7)18-10)19-11(3,4)20-12/h7-9H,5-6H2,1-4H3,(H,13,14)/t7-,8-,9+,12+/m1/s1. The van der Waals surface area contributed by atoms with Crippen LogP contribution in [0.25, 0.3) is 0 Å². The van der Waals surface area contributed by atoms with Gasteiger partial charge < -0.3 is 23.7 Å². The van der Waals surface area contributed by atoms with Crippen molar-refractivity contribution in [3.8, 4) is 0 Å². The zero-order valence-corrected chi connectivity index (χ0v) is 13.2. The quantitative estimate of drug-likeness (QED) is 0.752. The molecule has 0 aliphatic carbocycles. The van der Waals surface area contributed by atoms with Crippen LogP contribution in [-0.2, 0) is 39.2 Å². The fourth-order valence-corrected chi connectivity index (χ4v) is 3.35. The summed E-state index contributed by atoms with van der Waals surface area (Å²) in [4.78, 5) is 0. The number of hydrogen-bond acceptors (Lipinski definition) is 7. The fourth-order valence-electron chi connectivity index (χ4n) is 3.08. The second-order valence-electron chi connectivity index (χ2n) is 6.28. The van der Waals surface area contributed by atoms with Crippen LogP contribution in [0.1, 0.15) is 27.7 Å². The molecule has 1 N–H and O–H groups in total. The molecule has 0 amide bonds. The summed E-state index contributed by atoms with van der Waals surface area (Å²) in [5.74, 6) is -2.95. The second kappa shape index (κ2) is 4.93. The van der Waals surface area contributed by atoms with Crippen molar-refractivity contribution in [2.75, 3.05) is 13.2 Å². The SMILES string of the molecule is CC1(C)O[C@@H]2[C@@H](CO[C@@]3(COS(=O)O)OC(C)(C)O[C@@H]23)O1. The topological polar surface area (TPSA) is 92.7 Å². The highest BCUT2D eigenvalue weighted by Crippen LogP contribution is 2.47. The Morgan fingerprint density at radius 1 is 1.19 bits per heavy atom. The molecule has 3 heterocycles. The summed E-state index contributed by atoms with van der Waals surface area (Å²) in [6.45, 7) is 7.09. The van der Waals surface area contributed by atoms with E-state index in [1.54, 1.807) is 13.8 Å². The number of fused-ring (bicyclic) bond motifs is 3. The Kier molecular flexibility index (Phi) is 3.70. The monoisotopic (exact) mass is 324 g/mol. The van der Waals surface area contributed by atoms with Gasteiger partial charge in [-0.15, -0.1) is 0 Å². The van der Waals surface area contributed by atoms with Crippen LogP contribution in [0.5, 0.6) is 0 Å². The summed E-state index contributed by atoms with van der Waals surface area (Å²) < 4.78 is 53.5. The predicted octanol–water partition coefficient (Wildman–Crippen LogP) is 0.538. The minimum atomic E-state index is -2.42. The first kappa shape index (κ1) is 15.8. The van der Waals surface area contributed by atoms with Crippen molar-refractivity contribution < 1.29 is 36.6 Å². The molecule has 0 saturated carbocycles. The average molecular weight is 324 g/mol. The summed E-state index contributed by atoms with van der Waals surface area (Å²) in [5, 5.41) is 0. The molecule has 5 atom stereocenters. The molecule has 3 saturated heterocycles. The lowest BCUT2D eigenvalue weighted by Crippen LogP contribution is -2.60. The molecule has 3 rings (SSSR count). The molecule has 21 heavy (non-hydrogen) atoms. The molecule has 3 aliphatic rings. The third-order valence-electron chi connectivity index (χ3n) is 3.64. The van der Waals surface area contributed by atoms with Gasteiger partial charge in [-0.3, -0.25) is 8.74 Å². The third-order valence-corrected chi connectivity index (χ3v) is 3.96. The third kappa shape index (κ3) is 2.89. The summed E-state index contributed by atoms with van der Waals surface area (Å²) >= 11 is -2.42. The first-order valence-corrected chi connectivity index (χ1v) is 7.77. The van der Waals surface area contributed by atoms with E-state index in [9.17, 15) is 4.21 Å². The molecule has 3 fully saturated rings. The smallest absolute Gasteiger partial charge is 0.302 e. The van der Waals surface area contributed by atoms with Crippen molar-refractivity contribution in [3.05, 3.63) is 0 Å². The summed E-state index contributed by atoms with van der Waals surface area (Å²) in [6.07, 6.45) is -1.29. The number of rotatable bonds is 3. The summed E-state index contributed by atoms with van der Waals surface area (Å²) in [7, 11) is 0. The molecule has 9 heteroatoms. The number of ether oxygens (including phenoxy) is 5. The molecular weight excluding hydrogens is 304 g/mol. The van der Waals surface area contributed by atoms with E-state index in [0.717, 1.165) is 0 Å². The van der Waals surface area contributed by atoms with Crippen molar-refractivity contribution in [1.82, 2.24) is 0 Å². The average Bonchev–Trinajstić information content (AvgIpc) is 2.78. The molecular formula is C12H20O8S. The first-order chi connectivity index (χ1) is 9.63. The highest BCUT2D eigenvalue weighted by molar-refractivity contribution is 7.74. The minimum absolute atomic E-state index is 0.228. The van der Waals surface area contributed by atoms with E-state index in [-0.39, 0.29) is 19.3 Å². The Hall–Kier alpha value is -0.130. The predicted molar refractivity (Wildman–Crippen MR) is 69.3 cm³/mol. The van der Waals surface area contributed by atoms with Crippen LogP contribution in [0, 0.1) is 0 Å². The zero-order valence-electron chi connectivity index (χ0n) is 12.4. The van der Waals surface area contributed by atoms with E-state index in [2.05, 4.69) is 0 Å². The van der Waals surface area contributed by atoms with Crippen LogP contribution in [0.15, 0.2) is 0 Å². The first-order valence-electron chi connectivity index (χ1n) is 6.74. The lowest BCUT2D eigenvalue weighted by atomic mass is 9.98. The van der Waals surface area contributed by atoms with Crippen LogP contribution in [0.3, 0.4) is 0 Å². The Morgan fingerprint density at radius 3 is 2.57 bits per heavy atom. The van der Waals surface area contributed by atoms with Crippen molar-refractivity contribution in [2.24, 2.45) is 0 Å². The van der Waals surface area contributed by atoms with Gasteiger partial charge in [0.1, 0.15) is 24.9 Å². The maximum Gasteiger partial charge on any atom is 0.302 e. The van der Waals surface area contributed by atoms with Gasteiger partial charge >= 0.3 is 11.4 Å². The maximum absolute atomic E-state index is 10.8. The van der Waals surface area contributed by atoms with Crippen LogP contribution >= 0.6 is 0 Å². The van der Waals surface area contributed by atoms with Gasteiger partial charge in [0.2, 0.25) is 5.79 Å². The largest absolute Gasteiger partial charge is 0.343 e. The number of hydrogen-bond donors (Lipinski definition) is 1. The molecule has 8 nitrogen and oxygen atoms in total. The van der Waals surface area contributed by atoms with Gasteiger partial charge in [0.25, 0.3) is 0 Å². The molecule has 3 aliphatic heterocycles. The van der Waals surface area contributed by atoms with E-state index in [0.29, 0.717) is 0 Å². The van der Waals surface area contributed by atoms with Gasteiger partial charge in [0, 0.05) is 0 Å². The van der Waals surface area contributed by atoms with Crippen molar-refractivity contribution in [2.45, 2.75) is 63.4 Å². The van der Waals surface area contributed by atoms with Gasteiger partial charge in [-0.05, 0) is 27.7 Å². The lowest BCUT2D eigenvalue weighted by Gasteiger charge is -2.39. The molecule has 0 aromatic heterocycles. The summed E-state index contributed by atoms with van der Waals surface area (Å²) in [6, 6.07) is 0. The van der Waals surface area contributed by atoms with Gasteiger partial charge in [-0.25, -0.2) is 0 Å². The summed E-state index contributed by atoms with van der Waals surface area (Å²) in [5.41, 5.74) is 0. The van der Waals surface area contributed by atoms with E-state index < -0.39 is 40.9 Å². The van der Waals surface area contributed by atoms with Crippen molar-refractivity contribution in [3.63, 3.8) is 0 Å². The highest BCUT2D eigenvalue weighted by atomic mass is 32.2.